The van der Waals surface area contributed by atoms with Gasteiger partial charge in [-0.2, -0.15) is 0 Å². The minimum absolute atomic E-state index is 0.255. The molecule has 0 bridgehead atoms. The molecule has 144 valence electrons. The number of carbonyl (C=O) groups excluding carboxylic acids is 1. The molecule has 0 spiro atoms. The molecule has 1 aromatic carbocycles. The summed E-state index contributed by atoms with van der Waals surface area (Å²) >= 11 is 0. The Morgan fingerprint density at radius 1 is 1.11 bits per heavy atom. The number of aryl methyl sites for hydroxylation is 1. The van der Waals surface area contributed by atoms with E-state index in [0.29, 0.717) is 24.7 Å². The normalized spacial score (nSPS) is 10.4. The SMILES string of the molecule is COc1ccc(CCNc2nc(C)cc(C(=O)NCc3ccccn3)n2)cc1. The van der Waals surface area contributed by atoms with Gasteiger partial charge in [0.2, 0.25) is 5.95 Å². The van der Waals surface area contributed by atoms with Crippen molar-refractivity contribution in [1.29, 1.82) is 0 Å². The highest BCUT2D eigenvalue weighted by atomic mass is 16.5. The summed E-state index contributed by atoms with van der Waals surface area (Å²) in [6.07, 6.45) is 2.50. The quantitative estimate of drug-likeness (QED) is 0.627. The number of hydrogen-bond acceptors (Lipinski definition) is 6. The molecule has 0 aliphatic heterocycles. The zero-order valence-corrected chi connectivity index (χ0v) is 16.0. The summed E-state index contributed by atoms with van der Waals surface area (Å²) in [7, 11) is 1.65. The van der Waals surface area contributed by atoms with Crippen LogP contribution in [0.5, 0.6) is 5.75 Å². The molecule has 0 saturated carbocycles. The summed E-state index contributed by atoms with van der Waals surface area (Å²) in [5, 5.41) is 6.02. The zero-order valence-electron chi connectivity index (χ0n) is 16.0. The maximum absolute atomic E-state index is 12.4. The van der Waals surface area contributed by atoms with Gasteiger partial charge in [-0.25, -0.2) is 9.97 Å². The summed E-state index contributed by atoms with van der Waals surface area (Å²) in [5.74, 6) is 1.02. The van der Waals surface area contributed by atoms with Crippen molar-refractivity contribution in [2.45, 2.75) is 19.9 Å². The van der Waals surface area contributed by atoms with Gasteiger partial charge in [-0.15, -0.1) is 0 Å². The lowest BCUT2D eigenvalue weighted by Gasteiger charge is -2.09. The first-order valence-electron chi connectivity index (χ1n) is 9.04. The van der Waals surface area contributed by atoms with Crippen LogP contribution in [0.3, 0.4) is 0 Å². The predicted octanol–water partition coefficient (Wildman–Crippen LogP) is 2.77. The number of hydrogen-bond donors (Lipinski definition) is 2. The van der Waals surface area contributed by atoms with E-state index < -0.39 is 0 Å². The number of rotatable bonds is 8. The van der Waals surface area contributed by atoms with Crippen LogP contribution in [0.4, 0.5) is 5.95 Å². The standard InChI is InChI=1S/C21H23N5O2/c1-15-13-19(20(27)24-14-17-5-3-4-11-22-17)26-21(25-15)23-12-10-16-6-8-18(28-2)9-7-16/h3-9,11,13H,10,12,14H2,1-2H3,(H,24,27)(H,23,25,26). The van der Waals surface area contributed by atoms with Gasteiger partial charge >= 0.3 is 0 Å². The second-order valence-corrected chi connectivity index (χ2v) is 6.25. The first-order valence-corrected chi connectivity index (χ1v) is 9.04. The second kappa shape index (κ2) is 9.45. The van der Waals surface area contributed by atoms with Crippen LogP contribution in [0.15, 0.2) is 54.7 Å². The van der Waals surface area contributed by atoms with Crippen LogP contribution in [0, 0.1) is 6.92 Å². The molecule has 0 saturated heterocycles. The number of nitrogens with zero attached hydrogens (tertiary/aromatic N) is 3. The van der Waals surface area contributed by atoms with E-state index in [0.717, 1.165) is 23.6 Å². The maximum Gasteiger partial charge on any atom is 0.270 e. The molecule has 3 rings (SSSR count). The average molecular weight is 377 g/mol. The van der Waals surface area contributed by atoms with Gasteiger partial charge in [-0.05, 0) is 49.2 Å². The van der Waals surface area contributed by atoms with E-state index in [2.05, 4.69) is 25.6 Å². The third-order valence-electron chi connectivity index (χ3n) is 4.10. The first kappa shape index (κ1) is 19.3. The summed E-state index contributed by atoms with van der Waals surface area (Å²) in [5.41, 5.74) is 3.02. The molecule has 2 aromatic heterocycles. The Hall–Kier alpha value is -3.48. The monoisotopic (exact) mass is 377 g/mol. The van der Waals surface area contributed by atoms with Crippen molar-refractivity contribution in [2.24, 2.45) is 0 Å². The molecule has 0 radical (unpaired) electrons. The molecule has 7 nitrogen and oxygen atoms in total. The molecule has 0 aliphatic rings. The minimum atomic E-state index is -0.255. The van der Waals surface area contributed by atoms with Gasteiger partial charge in [0.05, 0.1) is 19.3 Å². The van der Waals surface area contributed by atoms with Crippen molar-refractivity contribution in [3.63, 3.8) is 0 Å². The van der Waals surface area contributed by atoms with E-state index in [4.69, 9.17) is 4.74 Å². The molecule has 2 N–H and O–H groups in total. The highest BCUT2D eigenvalue weighted by molar-refractivity contribution is 5.92. The van der Waals surface area contributed by atoms with E-state index in [1.165, 1.54) is 5.56 Å². The number of carbonyl (C=O) groups is 1. The average Bonchev–Trinajstić information content (AvgIpc) is 2.73. The molecule has 0 atom stereocenters. The van der Waals surface area contributed by atoms with Crippen LogP contribution < -0.4 is 15.4 Å². The van der Waals surface area contributed by atoms with Gasteiger partial charge in [-0.1, -0.05) is 18.2 Å². The van der Waals surface area contributed by atoms with Crippen molar-refractivity contribution in [3.8, 4) is 5.75 Å². The van der Waals surface area contributed by atoms with Crippen LogP contribution in [-0.4, -0.2) is 34.5 Å². The summed E-state index contributed by atoms with van der Waals surface area (Å²) in [6.45, 7) is 2.85. The fourth-order valence-corrected chi connectivity index (χ4v) is 2.64. The van der Waals surface area contributed by atoms with Crippen molar-refractivity contribution in [3.05, 3.63) is 77.4 Å². The van der Waals surface area contributed by atoms with Gasteiger partial charge in [0.25, 0.3) is 5.91 Å². The highest BCUT2D eigenvalue weighted by Crippen LogP contribution is 2.12. The Balaban J connectivity index is 1.56. The number of ether oxygens (including phenoxy) is 1. The third-order valence-corrected chi connectivity index (χ3v) is 4.10. The minimum Gasteiger partial charge on any atom is -0.497 e. The maximum atomic E-state index is 12.4. The molecule has 7 heteroatoms. The summed E-state index contributed by atoms with van der Waals surface area (Å²) in [4.78, 5) is 25.3. The number of amides is 1. The van der Waals surface area contributed by atoms with Gasteiger partial charge in [-0.3, -0.25) is 9.78 Å². The molecule has 0 unspecified atom stereocenters. The molecule has 28 heavy (non-hydrogen) atoms. The number of methoxy groups -OCH3 is 1. The Bertz CT molecular complexity index is 914. The number of aromatic nitrogens is 3. The molecular weight excluding hydrogens is 354 g/mol. The Morgan fingerprint density at radius 3 is 2.64 bits per heavy atom. The molecule has 2 heterocycles. The number of nitrogens with one attached hydrogen (secondary N) is 2. The lowest BCUT2D eigenvalue weighted by atomic mass is 10.1. The van der Waals surface area contributed by atoms with E-state index in [1.54, 1.807) is 19.4 Å². The van der Waals surface area contributed by atoms with Crippen LogP contribution in [0.25, 0.3) is 0 Å². The van der Waals surface area contributed by atoms with Gasteiger partial charge in [0, 0.05) is 18.4 Å². The smallest absolute Gasteiger partial charge is 0.270 e. The van der Waals surface area contributed by atoms with Gasteiger partial charge < -0.3 is 15.4 Å². The second-order valence-electron chi connectivity index (χ2n) is 6.25. The Labute approximate surface area is 164 Å². The first-order chi connectivity index (χ1) is 13.6. The van der Waals surface area contributed by atoms with Crippen LogP contribution >= 0.6 is 0 Å². The van der Waals surface area contributed by atoms with Crippen molar-refractivity contribution in [2.75, 3.05) is 19.0 Å². The third kappa shape index (κ3) is 5.51. The lowest BCUT2D eigenvalue weighted by molar-refractivity contribution is 0.0945. The van der Waals surface area contributed by atoms with Crippen LogP contribution in [-0.2, 0) is 13.0 Å². The van der Waals surface area contributed by atoms with Crippen LogP contribution in [0.2, 0.25) is 0 Å². The number of anilines is 1. The van der Waals surface area contributed by atoms with E-state index >= 15 is 0 Å². The van der Waals surface area contributed by atoms with Gasteiger partial charge in [0.1, 0.15) is 11.4 Å². The topological polar surface area (TPSA) is 89.0 Å². The molecule has 0 aliphatic carbocycles. The number of benzene rings is 1. The molecule has 1 amide bonds. The lowest BCUT2D eigenvalue weighted by Crippen LogP contribution is -2.25. The highest BCUT2D eigenvalue weighted by Gasteiger charge is 2.10. The van der Waals surface area contributed by atoms with Crippen molar-refractivity contribution >= 4 is 11.9 Å². The van der Waals surface area contributed by atoms with E-state index in [1.807, 2.05) is 49.4 Å². The Morgan fingerprint density at radius 2 is 1.93 bits per heavy atom. The van der Waals surface area contributed by atoms with Crippen molar-refractivity contribution in [1.82, 2.24) is 20.3 Å². The fraction of sp³-hybridized carbons (Fsp3) is 0.238. The van der Waals surface area contributed by atoms with E-state index in [9.17, 15) is 4.79 Å². The Kier molecular flexibility index (Phi) is 6.51. The largest absolute Gasteiger partial charge is 0.497 e. The zero-order chi connectivity index (χ0) is 19.8. The molecule has 3 aromatic rings. The molecule has 0 fully saturated rings. The van der Waals surface area contributed by atoms with Crippen LogP contribution in [0.1, 0.15) is 27.4 Å². The van der Waals surface area contributed by atoms with Crippen molar-refractivity contribution < 1.29 is 9.53 Å². The van der Waals surface area contributed by atoms with E-state index in [-0.39, 0.29) is 5.91 Å². The molecular formula is C21H23N5O2. The fourth-order valence-electron chi connectivity index (χ4n) is 2.64. The predicted molar refractivity (Wildman–Crippen MR) is 107 cm³/mol. The number of pyridine rings is 1. The summed E-state index contributed by atoms with van der Waals surface area (Å²) < 4.78 is 5.16. The summed E-state index contributed by atoms with van der Waals surface area (Å²) in [6, 6.07) is 15.2. The van der Waals surface area contributed by atoms with Gasteiger partial charge in [0.15, 0.2) is 0 Å².